The quantitative estimate of drug-likeness (QED) is 0.525. The van der Waals surface area contributed by atoms with E-state index >= 15 is 0 Å². The highest BCUT2D eigenvalue weighted by Crippen LogP contribution is 2.37. The topological polar surface area (TPSA) is 37.4 Å². The number of likely N-dealkylation sites (tertiary alicyclic amines) is 1. The molecule has 1 saturated heterocycles. The number of nitrogens with zero attached hydrogens (tertiary/aromatic N) is 1. The second kappa shape index (κ2) is 3.89. The zero-order valence-electron chi connectivity index (χ0n) is 9.82. The fourth-order valence-corrected chi connectivity index (χ4v) is 2.53. The number of carbonyl (C=O) groups is 2. The van der Waals surface area contributed by atoms with Crippen LogP contribution in [0.2, 0.25) is 0 Å². The minimum absolute atomic E-state index is 0.00884. The zero-order chi connectivity index (χ0) is 11.9. The van der Waals surface area contributed by atoms with Gasteiger partial charge in [0, 0.05) is 6.54 Å². The second-order valence-corrected chi connectivity index (χ2v) is 4.92. The Morgan fingerprint density at radius 3 is 2.69 bits per heavy atom. The molecule has 2 atom stereocenters. The summed E-state index contributed by atoms with van der Waals surface area (Å²) < 4.78 is 0. The van der Waals surface area contributed by atoms with Gasteiger partial charge in [0.15, 0.2) is 0 Å². The summed E-state index contributed by atoms with van der Waals surface area (Å²) >= 11 is 0. The predicted molar refractivity (Wildman–Crippen MR) is 61.5 cm³/mol. The van der Waals surface area contributed by atoms with Crippen molar-refractivity contribution in [2.45, 2.75) is 26.7 Å². The predicted octanol–water partition coefficient (Wildman–Crippen LogP) is 1.90. The van der Waals surface area contributed by atoms with Crippen molar-refractivity contribution in [1.82, 2.24) is 4.90 Å². The summed E-state index contributed by atoms with van der Waals surface area (Å²) in [6.07, 6.45) is 3.53. The van der Waals surface area contributed by atoms with E-state index in [9.17, 15) is 9.59 Å². The van der Waals surface area contributed by atoms with Gasteiger partial charge in [-0.15, -0.1) is 0 Å². The first-order valence-corrected chi connectivity index (χ1v) is 5.66. The van der Waals surface area contributed by atoms with Crippen molar-refractivity contribution in [3.63, 3.8) is 0 Å². The molecule has 2 amide bonds. The van der Waals surface area contributed by atoms with Crippen LogP contribution in [0.15, 0.2) is 23.8 Å². The highest BCUT2D eigenvalue weighted by atomic mass is 16.2. The van der Waals surface area contributed by atoms with Gasteiger partial charge in [-0.25, -0.2) is 0 Å². The molecule has 2 unspecified atom stereocenters. The van der Waals surface area contributed by atoms with E-state index in [0.29, 0.717) is 13.0 Å². The van der Waals surface area contributed by atoms with Crippen molar-refractivity contribution >= 4 is 11.8 Å². The number of rotatable bonds is 2. The van der Waals surface area contributed by atoms with E-state index in [2.05, 4.69) is 12.7 Å². The molecule has 3 heteroatoms. The first-order valence-electron chi connectivity index (χ1n) is 5.66. The van der Waals surface area contributed by atoms with E-state index in [-0.39, 0.29) is 23.7 Å². The van der Waals surface area contributed by atoms with Crippen LogP contribution in [0.3, 0.4) is 0 Å². The molecule has 0 radical (unpaired) electrons. The van der Waals surface area contributed by atoms with Gasteiger partial charge in [0.05, 0.1) is 11.8 Å². The molecule has 1 heterocycles. The number of fused-ring (bicyclic) bond motifs is 1. The summed E-state index contributed by atoms with van der Waals surface area (Å²) in [4.78, 5) is 25.5. The standard InChI is InChI=1S/C13H17NO2/c1-8(2)7-14-12(15)10-5-4-9(3)6-11(10)13(14)16/h4,10-11H,1,5-7H2,2-3H3. The molecule has 0 bridgehead atoms. The molecule has 86 valence electrons. The summed E-state index contributed by atoms with van der Waals surface area (Å²) in [5.74, 6) is -0.250. The van der Waals surface area contributed by atoms with E-state index in [1.165, 1.54) is 10.5 Å². The molecule has 0 aromatic carbocycles. The molecule has 2 rings (SSSR count). The van der Waals surface area contributed by atoms with E-state index < -0.39 is 0 Å². The first kappa shape index (κ1) is 11.1. The molecule has 1 aliphatic heterocycles. The van der Waals surface area contributed by atoms with E-state index in [1.807, 2.05) is 13.8 Å². The van der Waals surface area contributed by atoms with E-state index in [1.54, 1.807) is 0 Å². The zero-order valence-corrected chi connectivity index (χ0v) is 9.82. The highest BCUT2D eigenvalue weighted by Gasteiger charge is 2.47. The molecule has 16 heavy (non-hydrogen) atoms. The van der Waals surface area contributed by atoms with E-state index in [0.717, 1.165) is 12.0 Å². The molecule has 2 aliphatic rings. The average Bonchev–Trinajstić information content (AvgIpc) is 2.43. The lowest BCUT2D eigenvalue weighted by Gasteiger charge is -2.19. The molecular formula is C13H17NO2. The maximum atomic E-state index is 12.1. The first-order chi connectivity index (χ1) is 7.50. The number of carbonyl (C=O) groups excluding carboxylic acids is 2. The van der Waals surface area contributed by atoms with Crippen LogP contribution >= 0.6 is 0 Å². The number of amides is 2. The average molecular weight is 219 g/mol. The van der Waals surface area contributed by atoms with Crippen LogP contribution in [0.1, 0.15) is 26.7 Å². The van der Waals surface area contributed by atoms with Crippen LogP contribution in [0.4, 0.5) is 0 Å². The maximum absolute atomic E-state index is 12.1. The normalized spacial score (nSPS) is 29.1. The number of imide groups is 1. The van der Waals surface area contributed by atoms with Gasteiger partial charge in [0.2, 0.25) is 11.8 Å². The molecule has 3 nitrogen and oxygen atoms in total. The largest absolute Gasteiger partial charge is 0.278 e. The van der Waals surface area contributed by atoms with Gasteiger partial charge in [-0.3, -0.25) is 14.5 Å². The molecule has 0 saturated carbocycles. The monoisotopic (exact) mass is 219 g/mol. The van der Waals surface area contributed by atoms with Crippen LogP contribution in [-0.4, -0.2) is 23.3 Å². The van der Waals surface area contributed by atoms with Crippen molar-refractivity contribution in [3.8, 4) is 0 Å². The van der Waals surface area contributed by atoms with Crippen molar-refractivity contribution < 1.29 is 9.59 Å². The Labute approximate surface area is 95.8 Å². The summed E-state index contributed by atoms with van der Waals surface area (Å²) in [6, 6.07) is 0. The fraction of sp³-hybridized carbons (Fsp3) is 0.538. The third kappa shape index (κ3) is 1.70. The Bertz CT molecular complexity index is 395. The van der Waals surface area contributed by atoms with Gasteiger partial charge in [0.25, 0.3) is 0 Å². The van der Waals surface area contributed by atoms with Crippen molar-refractivity contribution in [3.05, 3.63) is 23.8 Å². The van der Waals surface area contributed by atoms with Crippen LogP contribution in [0.5, 0.6) is 0 Å². The summed E-state index contributed by atoms with van der Waals surface area (Å²) in [6.45, 7) is 8.00. The van der Waals surface area contributed by atoms with Gasteiger partial charge in [-0.2, -0.15) is 0 Å². The molecule has 0 aromatic heterocycles. The summed E-state index contributed by atoms with van der Waals surface area (Å²) in [5.41, 5.74) is 2.07. The Morgan fingerprint density at radius 1 is 1.44 bits per heavy atom. The second-order valence-electron chi connectivity index (χ2n) is 4.92. The molecule has 0 aromatic rings. The smallest absolute Gasteiger partial charge is 0.233 e. The van der Waals surface area contributed by atoms with Crippen LogP contribution in [-0.2, 0) is 9.59 Å². The molecular weight excluding hydrogens is 202 g/mol. The molecule has 0 N–H and O–H groups in total. The minimum atomic E-state index is -0.115. The molecule has 0 spiro atoms. The number of allylic oxidation sites excluding steroid dienone is 2. The van der Waals surface area contributed by atoms with Gasteiger partial charge >= 0.3 is 0 Å². The fourth-order valence-electron chi connectivity index (χ4n) is 2.53. The van der Waals surface area contributed by atoms with Crippen molar-refractivity contribution in [2.24, 2.45) is 11.8 Å². The lowest BCUT2D eigenvalue weighted by atomic mass is 9.82. The minimum Gasteiger partial charge on any atom is -0.278 e. The van der Waals surface area contributed by atoms with Gasteiger partial charge < -0.3 is 0 Å². The number of hydrogen-bond donors (Lipinski definition) is 0. The molecule has 1 fully saturated rings. The Morgan fingerprint density at radius 2 is 2.06 bits per heavy atom. The third-order valence-electron chi connectivity index (χ3n) is 3.34. The lowest BCUT2D eigenvalue weighted by Crippen LogP contribution is -2.32. The Kier molecular flexibility index (Phi) is 2.70. The summed E-state index contributed by atoms with van der Waals surface area (Å²) in [7, 11) is 0. The van der Waals surface area contributed by atoms with Crippen LogP contribution in [0, 0.1) is 11.8 Å². The van der Waals surface area contributed by atoms with Gasteiger partial charge in [-0.05, 0) is 26.7 Å². The Hall–Kier alpha value is -1.38. The Balaban J connectivity index is 2.21. The summed E-state index contributed by atoms with van der Waals surface area (Å²) in [5, 5.41) is 0. The molecule has 1 aliphatic carbocycles. The highest BCUT2D eigenvalue weighted by molar-refractivity contribution is 6.05. The van der Waals surface area contributed by atoms with Crippen molar-refractivity contribution in [2.75, 3.05) is 6.54 Å². The number of hydrogen-bond acceptors (Lipinski definition) is 2. The van der Waals surface area contributed by atoms with E-state index in [4.69, 9.17) is 0 Å². The van der Waals surface area contributed by atoms with Crippen molar-refractivity contribution in [1.29, 1.82) is 0 Å². The SMILES string of the molecule is C=C(C)CN1C(=O)C2CC=C(C)CC2C1=O. The maximum Gasteiger partial charge on any atom is 0.233 e. The lowest BCUT2D eigenvalue weighted by molar-refractivity contribution is -0.139. The third-order valence-corrected chi connectivity index (χ3v) is 3.34. The van der Waals surface area contributed by atoms with Gasteiger partial charge in [-0.1, -0.05) is 23.8 Å². The van der Waals surface area contributed by atoms with Crippen LogP contribution < -0.4 is 0 Å². The van der Waals surface area contributed by atoms with Crippen LogP contribution in [0.25, 0.3) is 0 Å². The van der Waals surface area contributed by atoms with Gasteiger partial charge in [0.1, 0.15) is 0 Å².